The number of rotatable bonds is 1. The largest absolute Gasteiger partial charge is 0.138 e. The molecule has 1 aromatic rings. The molecule has 9 heavy (non-hydrogen) atoms. The van der Waals surface area contributed by atoms with Crippen molar-refractivity contribution in [1.29, 1.82) is 0 Å². The predicted octanol–water partition coefficient (Wildman–Crippen LogP) is 2.92. The van der Waals surface area contributed by atoms with Crippen LogP contribution in [0, 0.1) is 0 Å². The van der Waals surface area contributed by atoms with E-state index in [4.69, 9.17) is 11.8 Å². The first-order valence-corrected chi connectivity index (χ1v) is 2.84. The topological polar surface area (TPSA) is 24.7 Å². The van der Waals surface area contributed by atoms with E-state index in [-0.39, 0.29) is 0 Å². The summed E-state index contributed by atoms with van der Waals surface area (Å²) in [6, 6.07) is 9.31. The lowest BCUT2D eigenvalue weighted by atomic mass is 11.3. The molecule has 0 N–H and O–H groups in total. The van der Waals surface area contributed by atoms with E-state index >= 15 is 0 Å². The van der Waals surface area contributed by atoms with Crippen molar-refractivity contribution >= 4 is 17.5 Å². The van der Waals surface area contributed by atoms with Crippen LogP contribution in [0.25, 0.3) is 0 Å². The number of hydrogen-bond donors (Lipinski definition) is 0. The van der Waals surface area contributed by atoms with Crippen molar-refractivity contribution in [2.24, 2.45) is 9.75 Å². The van der Waals surface area contributed by atoms with Crippen LogP contribution in [-0.4, -0.2) is 0 Å². The summed E-state index contributed by atoms with van der Waals surface area (Å²) in [5.74, 6) is 0. The molecule has 0 fully saturated rings. The lowest BCUT2D eigenvalue weighted by Gasteiger charge is -1.84. The standard InChI is InChI=1S/C6H5ClN2/c7-9-8-6-4-2-1-3-5-6/h1-5H/i1+1,2+1,3+1,4+1,5+1,6+1. The molecule has 2 nitrogen and oxygen atoms in total. The van der Waals surface area contributed by atoms with Crippen LogP contribution in [0.15, 0.2) is 40.1 Å². The molecule has 0 aliphatic carbocycles. The van der Waals surface area contributed by atoms with Gasteiger partial charge in [-0.15, -0.1) is 5.11 Å². The van der Waals surface area contributed by atoms with Crippen molar-refractivity contribution in [2.75, 3.05) is 0 Å². The first-order valence-electron chi connectivity index (χ1n) is 2.50. The highest BCUT2D eigenvalue weighted by Crippen LogP contribution is 2.09. The summed E-state index contributed by atoms with van der Waals surface area (Å²) in [6.07, 6.45) is 0. The Morgan fingerprint density at radius 2 is 1.78 bits per heavy atom. The molecule has 0 saturated carbocycles. The van der Waals surface area contributed by atoms with Gasteiger partial charge < -0.3 is 0 Å². The minimum Gasteiger partial charge on any atom is -0.138 e. The molecule has 0 aliphatic rings. The smallest absolute Gasteiger partial charge is 0.0868 e. The van der Waals surface area contributed by atoms with Gasteiger partial charge in [-0.05, 0) is 12.1 Å². The van der Waals surface area contributed by atoms with E-state index in [2.05, 4.69) is 9.75 Å². The zero-order chi connectivity index (χ0) is 6.53. The molecule has 3 heteroatoms. The van der Waals surface area contributed by atoms with E-state index in [1.807, 2.05) is 30.3 Å². The Balaban J connectivity index is 2.85. The third-order valence-electron chi connectivity index (χ3n) is 0.909. The molecule has 0 aliphatic heterocycles. The molecular formula is C6H5ClN2. The Morgan fingerprint density at radius 3 is 2.33 bits per heavy atom. The minimum atomic E-state index is 0.771. The van der Waals surface area contributed by atoms with Gasteiger partial charge in [0, 0.05) is 0 Å². The van der Waals surface area contributed by atoms with Crippen molar-refractivity contribution in [3.05, 3.63) is 30.3 Å². The van der Waals surface area contributed by atoms with Gasteiger partial charge in [0.25, 0.3) is 0 Å². The van der Waals surface area contributed by atoms with Gasteiger partial charge in [0.2, 0.25) is 0 Å². The highest BCUT2D eigenvalue weighted by atomic mass is 35.5. The summed E-state index contributed by atoms with van der Waals surface area (Å²) in [5.41, 5.74) is 0.771. The van der Waals surface area contributed by atoms with E-state index in [9.17, 15) is 0 Å². The summed E-state index contributed by atoms with van der Waals surface area (Å²) >= 11 is 4.99. The highest BCUT2D eigenvalue weighted by Gasteiger charge is 1.80. The molecule has 46 valence electrons. The summed E-state index contributed by atoms with van der Waals surface area (Å²) in [6.45, 7) is 0. The maximum absolute atomic E-state index is 4.99. The van der Waals surface area contributed by atoms with E-state index in [0.717, 1.165) is 5.69 Å². The van der Waals surface area contributed by atoms with Crippen LogP contribution in [0.5, 0.6) is 0 Å². The van der Waals surface area contributed by atoms with Gasteiger partial charge in [0.15, 0.2) is 0 Å². The van der Waals surface area contributed by atoms with Crippen LogP contribution in [0.3, 0.4) is 0 Å². The van der Waals surface area contributed by atoms with Crippen LogP contribution in [0.2, 0.25) is 0 Å². The average Bonchev–Trinajstić information content (AvgIpc) is 1.91. The van der Waals surface area contributed by atoms with Gasteiger partial charge in [-0.25, -0.2) is 0 Å². The Hall–Kier alpha value is -0.890. The number of nitrogens with zero attached hydrogens (tertiary/aromatic N) is 2. The molecule has 0 bridgehead atoms. The Morgan fingerprint density at radius 1 is 1.11 bits per heavy atom. The lowest BCUT2D eigenvalue weighted by Crippen LogP contribution is -1.57. The summed E-state index contributed by atoms with van der Waals surface area (Å²) in [5, 5.41) is 3.60. The van der Waals surface area contributed by atoms with Crippen molar-refractivity contribution in [3.8, 4) is 0 Å². The zero-order valence-electron chi connectivity index (χ0n) is 4.66. The lowest BCUT2D eigenvalue weighted by molar-refractivity contribution is 1.33. The maximum Gasteiger partial charge on any atom is 0.0868 e. The molecular weight excluding hydrogens is 141 g/mol. The van der Waals surface area contributed by atoms with E-state index in [0.29, 0.717) is 0 Å². The monoisotopic (exact) mass is 146 g/mol. The summed E-state index contributed by atoms with van der Waals surface area (Å²) < 4.78 is 3.10. The second kappa shape index (κ2) is 3.20. The van der Waals surface area contributed by atoms with Gasteiger partial charge >= 0.3 is 0 Å². The average molecular weight is 147 g/mol. The Bertz CT molecular complexity index is 195. The molecule has 0 amide bonds. The summed E-state index contributed by atoms with van der Waals surface area (Å²) in [7, 11) is 0. The molecule has 0 saturated heterocycles. The maximum atomic E-state index is 4.99. The van der Waals surface area contributed by atoms with Crippen molar-refractivity contribution in [2.45, 2.75) is 0 Å². The van der Waals surface area contributed by atoms with Crippen molar-refractivity contribution in [1.82, 2.24) is 0 Å². The number of hydrogen-bond acceptors (Lipinski definition) is 2. The zero-order valence-corrected chi connectivity index (χ0v) is 5.42. The third-order valence-corrected chi connectivity index (χ3v) is 0.985. The van der Waals surface area contributed by atoms with Gasteiger partial charge in [-0.2, -0.15) is 0 Å². The van der Waals surface area contributed by atoms with E-state index < -0.39 is 0 Å². The van der Waals surface area contributed by atoms with Gasteiger partial charge in [0.05, 0.1) is 17.5 Å². The molecule has 1 rings (SSSR count). The SMILES string of the molecule is ClN=N[13c]1[13cH][13cH][13cH][13cH][13cH]1. The predicted molar refractivity (Wildman–Crippen MR) is 36.8 cm³/mol. The fourth-order valence-electron chi connectivity index (χ4n) is 0.538. The Kier molecular flexibility index (Phi) is 2.22. The van der Waals surface area contributed by atoms with Crippen LogP contribution in [0.1, 0.15) is 0 Å². The normalized spacial score (nSPS) is 10.3. The molecule has 0 atom stereocenters. The van der Waals surface area contributed by atoms with Crippen molar-refractivity contribution < 1.29 is 0 Å². The molecule has 0 heterocycles. The fraction of sp³-hybridized carbons (Fsp3) is 0. The van der Waals surface area contributed by atoms with E-state index in [1.54, 1.807) is 0 Å². The first kappa shape index (κ1) is 6.23. The quantitative estimate of drug-likeness (QED) is 0.545. The van der Waals surface area contributed by atoms with Crippen molar-refractivity contribution in [3.63, 3.8) is 0 Å². The third kappa shape index (κ3) is 1.82. The number of benzene rings is 1. The van der Waals surface area contributed by atoms with Gasteiger partial charge in [-0.3, -0.25) is 0 Å². The molecule has 1 aromatic carbocycles. The number of halogens is 1. The van der Waals surface area contributed by atoms with Crippen LogP contribution < -0.4 is 0 Å². The second-order valence-corrected chi connectivity index (χ2v) is 1.66. The van der Waals surface area contributed by atoms with Gasteiger partial charge in [0.1, 0.15) is 0 Å². The van der Waals surface area contributed by atoms with Crippen LogP contribution in [0.4, 0.5) is 5.69 Å². The second-order valence-electron chi connectivity index (χ2n) is 1.51. The Labute approximate surface area is 58.3 Å². The molecule has 0 unspecified atom stereocenters. The fourth-order valence-corrected chi connectivity index (χ4v) is 0.626. The van der Waals surface area contributed by atoms with Crippen LogP contribution >= 0.6 is 11.8 Å². The molecule has 0 aromatic heterocycles. The first-order chi connectivity index (χ1) is 4.43. The minimum absolute atomic E-state index is 0.771. The van der Waals surface area contributed by atoms with Gasteiger partial charge in [-0.1, -0.05) is 22.8 Å². The summed E-state index contributed by atoms with van der Waals surface area (Å²) in [4.78, 5) is 0. The molecule has 0 radical (unpaired) electrons. The highest BCUT2D eigenvalue weighted by molar-refractivity contribution is 6.14. The van der Waals surface area contributed by atoms with Crippen LogP contribution in [-0.2, 0) is 0 Å². The molecule has 0 spiro atoms. The van der Waals surface area contributed by atoms with E-state index in [1.165, 1.54) is 0 Å².